The fraction of sp³-hybridized carbons (Fsp3) is 0.647. The van der Waals surface area contributed by atoms with E-state index in [0.29, 0.717) is 0 Å². The van der Waals surface area contributed by atoms with Gasteiger partial charge in [0.2, 0.25) is 0 Å². The highest BCUT2D eigenvalue weighted by molar-refractivity contribution is 5.22. The van der Waals surface area contributed by atoms with Crippen LogP contribution in [0.2, 0.25) is 0 Å². The van der Waals surface area contributed by atoms with Crippen molar-refractivity contribution in [3.05, 3.63) is 35.4 Å². The summed E-state index contributed by atoms with van der Waals surface area (Å²) in [6.07, 6.45) is 11.7. The summed E-state index contributed by atoms with van der Waals surface area (Å²) in [5.41, 5.74) is 8.43. The summed E-state index contributed by atoms with van der Waals surface area (Å²) >= 11 is 0. The van der Waals surface area contributed by atoms with E-state index in [4.69, 9.17) is 5.73 Å². The van der Waals surface area contributed by atoms with Gasteiger partial charge in [0, 0.05) is 0 Å². The second-order valence-electron chi connectivity index (χ2n) is 5.23. The average Bonchev–Trinajstić information content (AvgIpc) is 2.42. The van der Waals surface area contributed by atoms with Crippen LogP contribution in [0.25, 0.3) is 0 Å². The van der Waals surface area contributed by atoms with E-state index in [1.165, 1.54) is 56.1 Å². The number of benzene rings is 1. The third-order valence-electron chi connectivity index (χ3n) is 3.51. The number of rotatable bonds is 10. The van der Waals surface area contributed by atoms with Gasteiger partial charge in [0.25, 0.3) is 0 Å². The molecule has 0 aliphatic rings. The van der Waals surface area contributed by atoms with Crippen molar-refractivity contribution in [3.8, 4) is 0 Å². The minimum atomic E-state index is 0.791. The van der Waals surface area contributed by atoms with Crippen LogP contribution in [0, 0.1) is 0 Å². The second-order valence-corrected chi connectivity index (χ2v) is 5.23. The first kappa shape index (κ1) is 15.2. The number of unbranched alkanes of at least 4 members (excludes halogenated alkanes) is 5. The first-order valence-electron chi connectivity index (χ1n) is 7.64. The van der Waals surface area contributed by atoms with Crippen molar-refractivity contribution < 1.29 is 0 Å². The largest absolute Gasteiger partial charge is 0.330 e. The van der Waals surface area contributed by atoms with Crippen LogP contribution in [0.4, 0.5) is 0 Å². The molecule has 18 heavy (non-hydrogen) atoms. The van der Waals surface area contributed by atoms with Crippen molar-refractivity contribution in [2.45, 2.75) is 64.7 Å². The van der Waals surface area contributed by atoms with E-state index < -0.39 is 0 Å². The Labute approximate surface area is 113 Å². The number of nitrogens with two attached hydrogens (primary N) is 1. The molecule has 0 heterocycles. The van der Waals surface area contributed by atoms with Gasteiger partial charge >= 0.3 is 0 Å². The third kappa shape index (κ3) is 6.80. The first-order chi connectivity index (χ1) is 8.86. The van der Waals surface area contributed by atoms with Gasteiger partial charge in [-0.1, -0.05) is 63.3 Å². The van der Waals surface area contributed by atoms with Crippen molar-refractivity contribution in [3.63, 3.8) is 0 Å². The van der Waals surface area contributed by atoms with E-state index in [-0.39, 0.29) is 0 Å². The van der Waals surface area contributed by atoms with E-state index in [0.717, 1.165) is 19.4 Å². The van der Waals surface area contributed by atoms with Crippen molar-refractivity contribution >= 4 is 0 Å². The van der Waals surface area contributed by atoms with Gasteiger partial charge in [0.1, 0.15) is 0 Å². The standard InChI is InChI=1S/C17H29N/c1-2-3-4-5-6-7-9-16-11-13-17(14-12-16)10-8-15-18/h11-14H,2-10,15,18H2,1H3. The van der Waals surface area contributed by atoms with Crippen LogP contribution in [0.5, 0.6) is 0 Å². The molecule has 2 N–H and O–H groups in total. The molecule has 0 fully saturated rings. The summed E-state index contributed by atoms with van der Waals surface area (Å²) in [6, 6.07) is 9.11. The van der Waals surface area contributed by atoms with Gasteiger partial charge in [-0.15, -0.1) is 0 Å². The fourth-order valence-electron chi connectivity index (χ4n) is 2.29. The van der Waals surface area contributed by atoms with Gasteiger partial charge in [-0.25, -0.2) is 0 Å². The minimum absolute atomic E-state index is 0.791. The molecule has 0 unspecified atom stereocenters. The Bertz CT molecular complexity index is 289. The molecule has 1 aromatic rings. The lowest BCUT2D eigenvalue weighted by molar-refractivity contribution is 0.607. The molecule has 1 nitrogen and oxygen atoms in total. The smallest absolute Gasteiger partial charge is 0.00741 e. The van der Waals surface area contributed by atoms with Crippen molar-refractivity contribution in [1.29, 1.82) is 0 Å². The molecule has 0 aliphatic carbocycles. The van der Waals surface area contributed by atoms with Gasteiger partial charge in [0.15, 0.2) is 0 Å². The summed E-state index contributed by atoms with van der Waals surface area (Å²) in [5.74, 6) is 0. The monoisotopic (exact) mass is 247 g/mol. The molecule has 0 aliphatic heterocycles. The molecule has 1 aromatic carbocycles. The normalized spacial score (nSPS) is 10.8. The van der Waals surface area contributed by atoms with Crippen LogP contribution in [-0.4, -0.2) is 6.54 Å². The minimum Gasteiger partial charge on any atom is -0.330 e. The Morgan fingerprint density at radius 3 is 1.78 bits per heavy atom. The Hall–Kier alpha value is -0.820. The molecule has 0 amide bonds. The molecule has 0 atom stereocenters. The molecule has 1 rings (SSSR count). The molecule has 0 saturated heterocycles. The van der Waals surface area contributed by atoms with Crippen LogP contribution in [0.15, 0.2) is 24.3 Å². The molecule has 102 valence electrons. The zero-order chi connectivity index (χ0) is 13.1. The Morgan fingerprint density at radius 1 is 0.722 bits per heavy atom. The lowest BCUT2D eigenvalue weighted by Crippen LogP contribution is -2.00. The van der Waals surface area contributed by atoms with Gasteiger partial charge in [-0.3, -0.25) is 0 Å². The Morgan fingerprint density at radius 2 is 1.22 bits per heavy atom. The van der Waals surface area contributed by atoms with Crippen LogP contribution in [0.1, 0.15) is 63.0 Å². The van der Waals surface area contributed by atoms with Gasteiger partial charge in [-0.05, 0) is 43.4 Å². The Kier molecular flexibility index (Phi) is 8.58. The summed E-state index contributed by atoms with van der Waals surface area (Å²) < 4.78 is 0. The average molecular weight is 247 g/mol. The maximum Gasteiger partial charge on any atom is -0.00741 e. The van der Waals surface area contributed by atoms with Crippen molar-refractivity contribution in [1.82, 2.24) is 0 Å². The molecule has 0 aromatic heterocycles. The van der Waals surface area contributed by atoms with Gasteiger partial charge in [0.05, 0.1) is 0 Å². The summed E-state index contributed by atoms with van der Waals surface area (Å²) in [6.45, 7) is 3.06. The van der Waals surface area contributed by atoms with Crippen LogP contribution in [0.3, 0.4) is 0 Å². The highest BCUT2D eigenvalue weighted by atomic mass is 14.5. The van der Waals surface area contributed by atoms with Gasteiger partial charge in [-0.2, -0.15) is 0 Å². The second kappa shape index (κ2) is 10.1. The topological polar surface area (TPSA) is 26.0 Å². The van der Waals surface area contributed by atoms with E-state index in [1.807, 2.05) is 0 Å². The van der Waals surface area contributed by atoms with Crippen molar-refractivity contribution in [2.75, 3.05) is 6.54 Å². The van der Waals surface area contributed by atoms with Crippen LogP contribution >= 0.6 is 0 Å². The van der Waals surface area contributed by atoms with E-state index in [2.05, 4.69) is 31.2 Å². The van der Waals surface area contributed by atoms with E-state index in [1.54, 1.807) is 0 Å². The van der Waals surface area contributed by atoms with Gasteiger partial charge < -0.3 is 5.73 Å². The zero-order valence-electron chi connectivity index (χ0n) is 12.0. The molecule has 0 bridgehead atoms. The van der Waals surface area contributed by atoms with E-state index in [9.17, 15) is 0 Å². The number of aryl methyl sites for hydroxylation is 2. The Balaban J connectivity index is 2.14. The molecule has 1 heteroatoms. The molecule has 0 saturated carbocycles. The third-order valence-corrected chi connectivity index (χ3v) is 3.51. The summed E-state index contributed by atoms with van der Waals surface area (Å²) in [7, 11) is 0. The maximum atomic E-state index is 5.52. The number of hydrogen-bond acceptors (Lipinski definition) is 1. The molecule has 0 radical (unpaired) electrons. The lowest BCUT2D eigenvalue weighted by atomic mass is 10.0. The molecular formula is C17H29N. The highest BCUT2D eigenvalue weighted by Gasteiger charge is 1.96. The highest BCUT2D eigenvalue weighted by Crippen LogP contribution is 2.11. The van der Waals surface area contributed by atoms with Crippen molar-refractivity contribution in [2.24, 2.45) is 5.73 Å². The number of hydrogen-bond donors (Lipinski definition) is 1. The zero-order valence-corrected chi connectivity index (χ0v) is 12.0. The predicted molar refractivity (Wildman–Crippen MR) is 80.9 cm³/mol. The van der Waals surface area contributed by atoms with E-state index >= 15 is 0 Å². The first-order valence-corrected chi connectivity index (χ1v) is 7.64. The van der Waals surface area contributed by atoms with Crippen LogP contribution < -0.4 is 5.73 Å². The van der Waals surface area contributed by atoms with Crippen LogP contribution in [-0.2, 0) is 12.8 Å². The fourth-order valence-corrected chi connectivity index (χ4v) is 2.29. The quantitative estimate of drug-likeness (QED) is 0.606. The predicted octanol–water partition coefficient (Wildman–Crippen LogP) is 4.48. The molecular weight excluding hydrogens is 218 g/mol. The summed E-state index contributed by atoms with van der Waals surface area (Å²) in [4.78, 5) is 0. The molecule has 0 spiro atoms. The summed E-state index contributed by atoms with van der Waals surface area (Å²) in [5, 5.41) is 0. The SMILES string of the molecule is CCCCCCCCc1ccc(CCCN)cc1. The lowest BCUT2D eigenvalue weighted by Gasteiger charge is -2.04. The maximum absolute atomic E-state index is 5.52.